The Hall–Kier alpha value is -2.21. The lowest BCUT2D eigenvalue weighted by Crippen LogP contribution is -2.24. The monoisotopic (exact) mass is 302 g/mol. The smallest absolute Gasteiger partial charge is 0.268 e. The highest BCUT2D eigenvalue weighted by Gasteiger charge is 2.12. The van der Waals surface area contributed by atoms with Gasteiger partial charge < -0.3 is 10.4 Å². The summed E-state index contributed by atoms with van der Waals surface area (Å²) in [5.74, 6) is 0.459. The van der Waals surface area contributed by atoms with Crippen LogP contribution in [-0.4, -0.2) is 39.9 Å². The molecule has 2 heterocycles. The quantitative estimate of drug-likeness (QED) is 0.795. The summed E-state index contributed by atoms with van der Waals surface area (Å²) in [6, 6.07) is 3.87. The van der Waals surface area contributed by atoms with Crippen molar-refractivity contribution >= 4 is 17.7 Å². The highest BCUT2D eigenvalue weighted by atomic mass is 16.3. The molecule has 22 heavy (non-hydrogen) atoms. The van der Waals surface area contributed by atoms with Crippen molar-refractivity contribution in [2.75, 3.05) is 18.5 Å². The van der Waals surface area contributed by atoms with E-state index >= 15 is 0 Å². The van der Waals surface area contributed by atoms with Gasteiger partial charge in [0.1, 0.15) is 17.0 Å². The van der Waals surface area contributed by atoms with Crippen molar-refractivity contribution in [2.24, 2.45) is 4.99 Å². The number of rotatable bonds is 6. The minimum Gasteiger partial charge on any atom is -0.395 e. The summed E-state index contributed by atoms with van der Waals surface area (Å²) < 4.78 is 1.53. The predicted molar refractivity (Wildman–Crippen MR) is 89.1 cm³/mol. The first-order chi connectivity index (χ1) is 10.6. The van der Waals surface area contributed by atoms with Crippen LogP contribution >= 0.6 is 0 Å². The van der Waals surface area contributed by atoms with Gasteiger partial charge in [0.25, 0.3) is 5.56 Å². The number of hydrogen-bond donors (Lipinski definition) is 2. The Morgan fingerprint density at radius 2 is 2.32 bits per heavy atom. The third kappa shape index (κ3) is 3.33. The van der Waals surface area contributed by atoms with E-state index in [1.165, 1.54) is 4.40 Å². The van der Waals surface area contributed by atoms with Gasteiger partial charge in [0.15, 0.2) is 0 Å². The van der Waals surface area contributed by atoms with E-state index in [9.17, 15) is 4.79 Å². The van der Waals surface area contributed by atoms with Crippen LogP contribution in [0.3, 0.4) is 0 Å². The molecule has 1 atom stereocenters. The van der Waals surface area contributed by atoms with Crippen molar-refractivity contribution in [3.05, 3.63) is 39.8 Å². The van der Waals surface area contributed by atoms with Crippen LogP contribution in [0.2, 0.25) is 0 Å². The van der Waals surface area contributed by atoms with Crippen LogP contribution in [-0.2, 0) is 0 Å². The zero-order valence-corrected chi connectivity index (χ0v) is 13.2. The van der Waals surface area contributed by atoms with Crippen LogP contribution in [0.5, 0.6) is 0 Å². The number of hydrogen-bond acceptors (Lipinski definition) is 5. The summed E-state index contributed by atoms with van der Waals surface area (Å²) >= 11 is 0. The Morgan fingerprint density at radius 3 is 3.00 bits per heavy atom. The Kier molecular flexibility index (Phi) is 5.27. The fourth-order valence-corrected chi connectivity index (χ4v) is 2.04. The van der Waals surface area contributed by atoms with Gasteiger partial charge >= 0.3 is 0 Å². The molecule has 0 saturated heterocycles. The highest BCUT2D eigenvalue weighted by molar-refractivity contribution is 5.86. The number of aliphatic hydroxyl groups excluding tert-OH is 1. The van der Waals surface area contributed by atoms with Crippen molar-refractivity contribution in [1.82, 2.24) is 9.38 Å². The molecule has 2 N–H and O–H groups in total. The Morgan fingerprint density at radius 1 is 1.55 bits per heavy atom. The molecule has 1 unspecified atom stereocenters. The lowest BCUT2D eigenvalue weighted by Gasteiger charge is -2.11. The SMILES string of the molecule is CCC(C)N=Cc1c(NCCO)nc2c(C)cccn2c1=O. The molecule has 0 fully saturated rings. The van der Waals surface area contributed by atoms with Gasteiger partial charge in [0, 0.05) is 25.0 Å². The van der Waals surface area contributed by atoms with Crippen LogP contribution in [0.1, 0.15) is 31.4 Å². The average Bonchev–Trinajstić information content (AvgIpc) is 2.52. The predicted octanol–water partition coefficient (Wildman–Crippen LogP) is 1.62. The van der Waals surface area contributed by atoms with E-state index in [0.717, 1.165) is 12.0 Å². The zero-order valence-electron chi connectivity index (χ0n) is 13.2. The standard InChI is InChI=1S/C16H22N4O2/c1-4-12(3)18-10-13-14(17-7-9-21)19-15-11(2)6-5-8-20(15)16(13)22/h5-6,8,10,12,17,21H,4,7,9H2,1-3H3. The van der Waals surface area contributed by atoms with Gasteiger partial charge in [-0.05, 0) is 31.9 Å². The summed E-state index contributed by atoms with van der Waals surface area (Å²) in [5, 5.41) is 12.0. The molecule has 0 spiro atoms. The molecular weight excluding hydrogens is 280 g/mol. The highest BCUT2D eigenvalue weighted by Crippen LogP contribution is 2.12. The molecule has 0 radical (unpaired) electrons. The van der Waals surface area contributed by atoms with Crippen LogP contribution in [0, 0.1) is 6.92 Å². The van der Waals surface area contributed by atoms with Crippen LogP contribution in [0.25, 0.3) is 5.65 Å². The van der Waals surface area contributed by atoms with Crippen molar-refractivity contribution < 1.29 is 5.11 Å². The van der Waals surface area contributed by atoms with E-state index in [1.54, 1.807) is 12.4 Å². The maximum absolute atomic E-state index is 12.7. The number of anilines is 1. The number of pyridine rings is 1. The fraction of sp³-hybridized carbons (Fsp3) is 0.438. The maximum atomic E-state index is 12.7. The summed E-state index contributed by atoms with van der Waals surface area (Å²) in [4.78, 5) is 21.6. The summed E-state index contributed by atoms with van der Waals surface area (Å²) in [6.45, 7) is 6.25. The second-order valence-corrected chi connectivity index (χ2v) is 5.25. The molecule has 0 bridgehead atoms. The van der Waals surface area contributed by atoms with Gasteiger partial charge in [-0.1, -0.05) is 13.0 Å². The van der Waals surface area contributed by atoms with Gasteiger partial charge in [0.2, 0.25) is 0 Å². The number of aryl methyl sites for hydroxylation is 1. The number of nitrogens with one attached hydrogen (secondary N) is 1. The van der Waals surface area contributed by atoms with Gasteiger partial charge in [-0.25, -0.2) is 4.98 Å². The largest absolute Gasteiger partial charge is 0.395 e. The minimum absolute atomic E-state index is 0.0310. The summed E-state index contributed by atoms with van der Waals surface area (Å²) in [7, 11) is 0. The van der Waals surface area contributed by atoms with E-state index in [2.05, 4.69) is 15.3 Å². The molecule has 6 nitrogen and oxygen atoms in total. The van der Waals surface area contributed by atoms with Gasteiger partial charge in [-0.2, -0.15) is 0 Å². The Labute approximate surface area is 129 Å². The number of nitrogens with zero attached hydrogens (tertiary/aromatic N) is 3. The molecule has 118 valence electrons. The molecule has 0 aliphatic rings. The summed E-state index contributed by atoms with van der Waals surface area (Å²) in [5.41, 5.74) is 1.77. The van der Waals surface area contributed by atoms with Crippen LogP contribution in [0.15, 0.2) is 28.1 Å². The number of fused-ring (bicyclic) bond motifs is 1. The van der Waals surface area contributed by atoms with E-state index in [-0.39, 0.29) is 18.2 Å². The molecule has 0 aliphatic carbocycles. The number of aliphatic hydroxyl groups is 1. The normalized spacial score (nSPS) is 12.9. The molecular formula is C16H22N4O2. The third-order valence-corrected chi connectivity index (χ3v) is 3.54. The lowest BCUT2D eigenvalue weighted by molar-refractivity contribution is 0.311. The van der Waals surface area contributed by atoms with Crippen molar-refractivity contribution in [3.63, 3.8) is 0 Å². The molecule has 6 heteroatoms. The van der Waals surface area contributed by atoms with Gasteiger partial charge in [0.05, 0.1) is 6.61 Å². The van der Waals surface area contributed by atoms with E-state index in [0.29, 0.717) is 23.6 Å². The second kappa shape index (κ2) is 7.17. The van der Waals surface area contributed by atoms with E-state index in [4.69, 9.17) is 5.11 Å². The van der Waals surface area contributed by atoms with Crippen molar-refractivity contribution in [3.8, 4) is 0 Å². The lowest BCUT2D eigenvalue weighted by atomic mass is 10.2. The maximum Gasteiger partial charge on any atom is 0.268 e. The molecule has 0 aromatic carbocycles. The number of aromatic nitrogens is 2. The van der Waals surface area contributed by atoms with E-state index in [1.807, 2.05) is 32.9 Å². The Bertz CT molecular complexity index is 737. The minimum atomic E-state index is -0.166. The molecule has 0 amide bonds. The van der Waals surface area contributed by atoms with Crippen LogP contribution in [0.4, 0.5) is 5.82 Å². The van der Waals surface area contributed by atoms with Gasteiger partial charge in [-0.15, -0.1) is 0 Å². The second-order valence-electron chi connectivity index (χ2n) is 5.25. The topological polar surface area (TPSA) is 79.0 Å². The molecule has 0 aliphatic heterocycles. The van der Waals surface area contributed by atoms with Crippen molar-refractivity contribution in [1.29, 1.82) is 0 Å². The molecule has 2 aromatic rings. The first-order valence-electron chi connectivity index (χ1n) is 7.48. The van der Waals surface area contributed by atoms with E-state index < -0.39 is 0 Å². The fourth-order valence-electron chi connectivity index (χ4n) is 2.04. The first-order valence-corrected chi connectivity index (χ1v) is 7.48. The molecule has 0 saturated carbocycles. The van der Waals surface area contributed by atoms with Crippen LogP contribution < -0.4 is 10.9 Å². The molecule has 2 aromatic heterocycles. The number of aliphatic imine (C=N–C) groups is 1. The van der Waals surface area contributed by atoms with Gasteiger partial charge in [-0.3, -0.25) is 14.2 Å². The average molecular weight is 302 g/mol. The molecule has 2 rings (SSSR count). The zero-order chi connectivity index (χ0) is 16.1. The first kappa shape index (κ1) is 16.2. The van der Waals surface area contributed by atoms with Crippen molar-refractivity contribution in [2.45, 2.75) is 33.2 Å². The Balaban J connectivity index is 2.62. The third-order valence-electron chi connectivity index (χ3n) is 3.54. The summed E-state index contributed by atoms with van der Waals surface area (Å²) in [6.07, 6.45) is 4.18.